The third-order valence-electron chi connectivity index (χ3n) is 4.70. The predicted octanol–water partition coefficient (Wildman–Crippen LogP) is 7.40. The van der Waals surface area contributed by atoms with Crippen molar-refractivity contribution < 1.29 is 0 Å². The van der Waals surface area contributed by atoms with E-state index in [-0.39, 0.29) is 10.5 Å². The second-order valence-electron chi connectivity index (χ2n) is 6.19. The van der Waals surface area contributed by atoms with Gasteiger partial charge in [-0.05, 0) is 59.7 Å². The first kappa shape index (κ1) is 14.4. The van der Waals surface area contributed by atoms with Gasteiger partial charge in [-0.15, -0.1) is 0 Å². The first-order valence-corrected chi connectivity index (χ1v) is 9.72. The summed E-state index contributed by atoms with van der Waals surface area (Å²) in [6, 6.07) is 37.3. The van der Waals surface area contributed by atoms with Crippen molar-refractivity contribution in [1.82, 2.24) is 0 Å². The van der Waals surface area contributed by atoms with Crippen LogP contribution in [0.5, 0.6) is 0 Å². The van der Waals surface area contributed by atoms with Crippen molar-refractivity contribution in [2.24, 2.45) is 0 Å². The van der Waals surface area contributed by atoms with Gasteiger partial charge in [0, 0.05) is 21.2 Å². The van der Waals surface area contributed by atoms with Crippen LogP contribution in [-0.4, -0.2) is 0 Å². The molecule has 0 spiro atoms. The van der Waals surface area contributed by atoms with Gasteiger partial charge < -0.3 is 0 Å². The second-order valence-corrected chi connectivity index (χ2v) is 8.15. The fourth-order valence-electron chi connectivity index (χ4n) is 3.52. The molecule has 0 atom stereocenters. The molecule has 4 aromatic carbocycles. The van der Waals surface area contributed by atoms with Crippen LogP contribution in [0.2, 0.25) is 0 Å². The summed E-state index contributed by atoms with van der Waals surface area (Å²) in [5.74, 6) is 0. The molecule has 0 aliphatic rings. The second kappa shape index (κ2) is 5.87. The van der Waals surface area contributed by atoms with Crippen molar-refractivity contribution in [3.8, 4) is 16.0 Å². The molecule has 1 heteroatoms. The van der Waals surface area contributed by atoms with E-state index in [0.717, 1.165) is 0 Å². The molecular weight excluding hydrogens is 320 g/mol. The Bertz CT molecular complexity index is 1110. The maximum Gasteiger partial charge on any atom is 0.187 e. The number of fused-ring (bicyclic) bond motifs is 3. The Morgan fingerprint density at radius 1 is 0.400 bits per heavy atom. The summed E-state index contributed by atoms with van der Waals surface area (Å²) >= 11 is 0. The monoisotopic (exact) mass is 337 g/mol. The lowest BCUT2D eigenvalue weighted by Crippen LogP contribution is -1.77. The average molecular weight is 337 g/mol. The predicted molar refractivity (Wildman–Crippen MR) is 111 cm³/mol. The molecule has 5 aromatic rings. The Morgan fingerprint density at radius 3 is 1.48 bits per heavy atom. The Balaban J connectivity index is 1.73. The zero-order valence-corrected chi connectivity index (χ0v) is 14.5. The van der Waals surface area contributed by atoms with Gasteiger partial charge >= 0.3 is 0 Å². The van der Waals surface area contributed by atoms with Crippen molar-refractivity contribution in [1.29, 1.82) is 0 Å². The molecule has 1 aromatic heterocycles. The minimum atomic E-state index is -0.00522. The van der Waals surface area contributed by atoms with Crippen molar-refractivity contribution in [2.45, 2.75) is 0 Å². The highest BCUT2D eigenvalue weighted by Gasteiger charge is 2.22. The molecular formula is C24H17S+. The molecule has 0 aliphatic carbocycles. The molecule has 0 bridgehead atoms. The first-order chi connectivity index (χ1) is 12.4. The fraction of sp³-hybridized carbons (Fsp3) is 0. The number of hydrogen-bond donors (Lipinski definition) is 0. The van der Waals surface area contributed by atoms with Crippen molar-refractivity contribution in [2.75, 3.05) is 0 Å². The highest BCUT2D eigenvalue weighted by molar-refractivity contribution is 7.50. The summed E-state index contributed by atoms with van der Waals surface area (Å²) in [4.78, 5) is 1.39. The summed E-state index contributed by atoms with van der Waals surface area (Å²) in [5.41, 5.74) is 2.54. The van der Waals surface area contributed by atoms with E-state index in [1.807, 2.05) is 0 Å². The Labute approximate surface area is 150 Å². The molecule has 5 rings (SSSR count). The van der Waals surface area contributed by atoms with Crippen LogP contribution in [0.15, 0.2) is 103 Å². The molecule has 1 heterocycles. The fourth-order valence-corrected chi connectivity index (χ4v) is 5.90. The van der Waals surface area contributed by atoms with Gasteiger partial charge in [0.25, 0.3) is 0 Å². The lowest BCUT2D eigenvalue weighted by atomic mass is 10.1. The minimum Gasteiger partial charge on any atom is -0.0622 e. The summed E-state index contributed by atoms with van der Waals surface area (Å²) < 4.78 is 2.88. The zero-order chi connectivity index (χ0) is 16.6. The number of hydrogen-bond acceptors (Lipinski definition) is 0. The van der Waals surface area contributed by atoms with Crippen LogP contribution in [0.3, 0.4) is 0 Å². The smallest absolute Gasteiger partial charge is 0.0622 e. The molecule has 0 N–H and O–H groups in total. The average Bonchev–Trinajstić information content (AvgIpc) is 3.03. The van der Waals surface area contributed by atoms with E-state index in [9.17, 15) is 0 Å². The van der Waals surface area contributed by atoms with Gasteiger partial charge in [-0.3, -0.25) is 0 Å². The quantitative estimate of drug-likeness (QED) is 0.294. The van der Waals surface area contributed by atoms with E-state index in [0.29, 0.717) is 0 Å². The van der Waals surface area contributed by atoms with Crippen molar-refractivity contribution in [3.05, 3.63) is 103 Å². The minimum absolute atomic E-state index is 0.00522. The normalized spacial score (nSPS) is 11.2. The SMILES string of the molecule is c1ccc(-c2ccc(-[s+]3c4ccccc4c4ccccc43)cc2)cc1. The molecule has 0 aliphatic heterocycles. The molecule has 0 saturated carbocycles. The van der Waals surface area contributed by atoms with Gasteiger partial charge in [0.05, 0.1) is 0 Å². The molecule has 25 heavy (non-hydrogen) atoms. The van der Waals surface area contributed by atoms with Crippen LogP contribution in [0.4, 0.5) is 0 Å². The van der Waals surface area contributed by atoms with E-state index in [1.165, 1.54) is 36.2 Å². The summed E-state index contributed by atoms with van der Waals surface area (Å²) in [6.45, 7) is 0. The van der Waals surface area contributed by atoms with Crippen LogP contribution in [0, 0.1) is 0 Å². The summed E-state index contributed by atoms with van der Waals surface area (Å²) in [7, 11) is -0.00522. The van der Waals surface area contributed by atoms with Crippen molar-refractivity contribution >= 4 is 30.6 Å². The van der Waals surface area contributed by atoms with Gasteiger partial charge in [-0.2, -0.15) is 0 Å². The first-order valence-electron chi connectivity index (χ1n) is 8.50. The third-order valence-corrected chi connectivity index (χ3v) is 7.04. The molecule has 118 valence electrons. The summed E-state index contributed by atoms with van der Waals surface area (Å²) in [5, 5.41) is 2.77. The number of rotatable bonds is 2. The highest BCUT2D eigenvalue weighted by Crippen LogP contribution is 2.48. The molecule has 0 nitrogen and oxygen atoms in total. The topological polar surface area (TPSA) is 0 Å². The Hall–Kier alpha value is -2.90. The van der Waals surface area contributed by atoms with Crippen LogP contribution in [0.1, 0.15) is 0 Å². The van der Waals surface area contributed by atoms with Crippen LogP contribution < -0.4 is 0 Å². The maximum absolute atomic E-state index is 2.30. The lowest BCUT2D eigenvalue weighted by molar-refractivity contribution is 1.63. The van der Waals surface area contributed by atoms with Crippen LogP contribution in [0.25, 0.3) is 36.2 Å². The largest absolute Gasteiger partial charge is 0.187 e. The van der Waals surface area contributed by atoms with Crippen molar-refractivity contribution in [3.63, 3.8) is 0 Å². The van der Waals surface area contributed by atoms with Gasteiger partial charge in [0.15, 0.2) is 14.3 Å². The Morgan fingerprint density at radius 2 is 0.880 bits per heavy atom. The van der Waals surface area contributed by atoms with E-state index in [4.69, 9.17) is 0 Å². The molecule has 0 saturated heterocycles. The van der Waals surface area contributed by atoms with Gasteiger partial charge in [-0.1, -0.05) is 54.6 Å². The van der Waals surface area contributed by atoms with Crippen LogP contribution >= 0.6 is 10.5 Å². The van der Waals surface area contributed by atoms with E-state index in [1.54, 1.807) is 0 Å². The number of benzene rings is 4. The molecule has 0 fully saturated rings. The number of thiophene rings is 1. The van der Waals surface area contributed by atoms with E-state index >= 15 is 0 Å². The molecule has 0 unspecified atom stereocenters. The van der Waals surface area contributed by atoms with Crippen LogP contribution in [-0.2, 0) is 0 Å². The van der Waals surface area contributed by atoms with Gasteiger partial charge in [0.1, 0.15) is 0 Å². The third kappa shape index (κ3) is 2.36. The molecule has 0 radical (unpaired) electrons. The van der Waals surface area contributed by atoms with Gasteiger partial charge in [0.2, 0.25) is 0 Å². The standard InChI is InChI=1S/C24H17S/c1-2-8-18(9-3-1)19-14-16-20(17-15-19)25-23-12-6-4-10-21(23)22-11-5-7-13-24(22)25/h1-17H/q+1. The zero-order valence-electron chi connectivity index (χ0n) is 13.7. The Kier molecular flexibility index (Phi) is 3.39. The maximum atomic E-state index is 2.30. The van der Waals surface area contributed by atoms with E-state index in [2.05, 4.69) is 103 Å². The van der Waals surface area contributed by atoms with Gasteiger partial charge in [-0.25, -0.2) is 0 Å². The summed E-state index contributed by atoms with van der Waals surface area (Å²) in [6.07, 6.45) is 0. The molecule has 0 amide bonds. The lowest BCUT2D eigenvalue weighted by Gasteiger charge is -2.01. The highest BCUT2D eigenvalue weighted by atomic mass is 32.2. The van der Waals surface area contributed by atoms with E-state index < -0.39 is 0 Å².